The fourth-order valence-corrected chi connectivity index (χ4v) is 2.43. The summed E-state index contributed by atoms with van der Waals surface area (Å²) in [6, 6.07) is 2.21. The highest BCUT2D eigenvalue weighted by Crippen LogP contribution is 2.34. The number of alkyl halides is 3. The lowest BCUT2D eigenvalue weighted by molar-refractivity contribution is -0.137. The summed E-state index contributed by atoms with van der Waals surface area (Å²) < 4.78 is 37.7. The maximum atomic E-state index is 12.6. The Morgan fingerprint density at radius 3 is 2.65 bits per heavy atom. The fraction of sp³-hybridized carbons (Fsp3) is 0.462. The first-order valence-corrected chi connectivity index (χ1v) is 6.66. The molecule has 0 aromatic carbocycles. The summed E-state index contributed by atoms with van der Waals surface area (Å²) in [5.41, 5.74) is 3.31. The van der Waals surface area contributed by atoms with Crippen molar-refractivity contribution in [3.8, 4) is 0 Å². The minimum Gasteiger partial charge on any atom is -0.293 e. The summed E-state index contributed by atoms with van der Waals surface area (Å²) in [5, 5.41) is 1.27. The Hall–Kier alpha value is -1.43. The highest BCUT2D eigenvalue weighted by molar-refractivity contribution is 6.30. The van der Waals surface area contributed by atoms with Gasteiger partial charge in [0, 0.05) is 12.7 Å². The minimum absolute atomic E-state index is 0.295. The van der Waals surface area contributed by atoms with Crippen LogP contribution in [0.3, 0.4) is 0 Å². The van der Waals surface area contributed by atoms with E-state index in [0.29, 0.717) is 11.7 Å². The quantitative estimate of drug-likeness (QED) is 0.843. The Labute approximate surface area is 120 Å². The molecule has 0 fully saturated rings. The first-order chi connectivity index (χ1) is 9.31. The van der Waals surface area contributed by atoms with Crippen molar-refractivity contribution in [2.24, 2.45) is 5.92 Å². The van der Waals surface area contributed by atoms with Crippen molar-refractivity contribution in [3.05, 3.63) is 34.6 Å². The number of anilines is 1. The van der Waals surface area contributed by atoms with E-state index in [4.69, 9.17) is 11.6 Å². The lowest BCUT2D eigenvalue weighted by atomic mass is 10.0. The molecule has 7 heteroatoms. The van der Waals surface area contributed by atoms with Gasteiger partial charge in [-0.2, -0.15) is 13.2 Å². The zero-order valence-electron chi connectivity index (χ0n) is 11.1. The van der Waals surface area contributed by atoms with Gasteiger partial charge in [-0.3, -0.25) is 10.4 Å². The molecule has 0 bridgehead atoms. The number of hydrazine groups is 1. The summed E-state index contributed by atoms with van der Waals surface area (Å²) >= 11 is 5.58. The van der Waals surface area contributed by atoms with E-state index < -0.39 is 16.9 Å². The number of hydrogen-bond donors (Lipinski definition) is 1. The van der Waals surface area contributed by atoms with Crippen molar-refractivity contribution in [2.45, 2.75) is 26.4 Å². The maximum absolute atomic E-state index is 12.6. The van der Waals surface area contributed by atoms with Crippen LogP contribution in [-0.2, 0) is 6.18 Å². The van der Waals surface area contributed by atoms with Crippen molar-refractivity contribution < 1.29 is 13.2 Å². The molecule has 0 saturated carbocycles. The molecule has 1 unspecified atom stereocenters. The Kier molecular flexibility index (Phi) is 4.13. The molecule has 0 aliphatic carbocycles. The largest absolute Gasteiger partial charge is 0.419 e. The lowest BCUT2D eigenvalue weighted by Crippen LogP contribution is -2.24. The molecule has 1 aromatic heterocycles. The average molecular weight is 306 g/mol. The molecule has 2 heterocycles. The number of halogens is 4. The van der Waals surface area contributed by atoms with Gasteiger partial charge in [0.2, 0.25) is 0 Å². The molecule has 1 atom stereocenters. The number of pyridine rings is 1. The van der Waals surface area contributed by atoms with Crippen LogP contribution in [-0.4, -0.2) is 16.5 Å². The molecule has 0 spiro atoms. The van der Waals surface area contributed by atoms with E-state index in [1.807, 2.05) is 11.2 Å². The molecule has 0 amide bonds. The van der Waals surface area contributed by atoms with E-state index in [1.165, 1.54) is 11.6 Å². The Morgan fingerprint density at radius 2 is 2.15 bits per heavy atom. The number of nitrogens with zero attached hydrogens (tertiary/aromatic N) is 2. The van der Waals surface area contributed by atoms with E-state index in [9.17, 15) is 13.2 Å². The zero-order valence-corrected chi connectivity index (χ0v) is 11.9. The second-order valence-corrected chi connectivity index (χ2v) is 5.11. The third-order valence-corrected chi connectivity index (χ3v) is 3.53. The van der Waals surface area contributed by atoms with Gasteiger partial charge in [0.25, 0.3) is 0 Å². The molecule has 3 nitrogen and oxygen atoms in total. The predicted octanol–water partition coefficient (Wildman–Crippen LogP) is 4.33. The van der Waals surface area contributed by atoms with Crippen molar-refractivity contribution >= 4 is 17.4 Å². The molecule has 1 aliphatic heterocycles. The average Bonchev–Trinajstić information content (AvgIpc) is 2.67. The van der Waals surface area contributed by atoms with Crippen LogP contribution in [0.1, 0.15) is 25.8 Å². The van der Waals surface area contributed by atoms with E-state index in [1.54, 1.807) is 0 Å². The van der Waals surface area contributed by atoms with E-state index in [0.717, 1.165) is 19.0 Å². The number of nitrogens with one attached hydrogen (secondary N) is 1. The Balaban J connectivity index is 2.13. The lowest BCUT2D eigenvalue weighted by Gasteiger charge is -2.19. The molecule has 0 saturated heterocycles. The van der Waals surface area contributed by atoms with Gasteiger partial charge in [-0.05, 0) is 30.0 Å². The molecule has 2 rings (SSSR count). The summed E-state index contributed by atoms with van der Waals surface area (Å²) in [7, 11) is 0. The van der Waals surface area contributed by atoms with Crippen molar-refractivity contribution in [1.82, 2.24) is 9.99 Å². The minimum atomic E-state index is -4.49. The van der Waals surface area contributed by atoms with Crippen LogP contribution in [0.25, 0.3) is 0 Å². The van der Waals surface area contributed by atoms with Crippen molar-refractivity contribution in [2.75, 3.05) is 12.0 Å². The molecule has 1 aromatic rings. The summed E-state index contributed by atoms with van der Waals surface area (Å²) in [6.45, 7) is 4.92. The molecular formula is C13H15ClF3N3. The number of rotatable bonds is 3. The van der Waals surface area contributed by atoms with Crippen LogP contribution in [0, 0.1) is 5.92 Å². The third kappa shape index (κ3) is 3.17. The maximum Gasteiger partial charge on any atom is 0.419 e. The van der Waals surface area contributed by atoms with Crippen LogP contribution in [0.2, 0.25) is 5.15 Å². The smallest absolute Gasteiger partial charge is 0.293 e. The van der Waals surface area contributed by atoms with Gasteiger partial charge in [-0.25, -0.2) is 4.98 Å². The fourth-order valence-electron chi connectivity index (χ4n) is 2.17. The van der Waals surface area contributed by atoms with E-state index in [-0.39, 0.29) is 0 Å². The predicted molar refractivity (Wildman–Crippen MR) is 72.1 cm³/mol. The van der Waals surface area contributed by atoms with Gasteiger partial charge >= 0.3 is 6.18 Å². The molecule has 0 radical (unpaired) electrons. The summed E-state index contributed by atoms with van der Waals surface area (Å²) in [6.07, 6.45) is -1.58. The highest BCUT2D eigenvalue weighted by Gasteiger charge is 2.34. The van der Waals surface area contributed by atoms with Gasteiger partial charge in [0.1, 0.15) is 11.0 Å². The monoisotopic (exact) mass is 305 g/mol. The van der Waals surface area contributed by atoms with Gasteiger partial charge in [-0.1, -0.05) is 25.4 Å². The van der Waals surface area contributed by atoms with Crippen LogP contribution in [0.5, 0.6) is 0 Å². The van der Waals surface area contributed by atoms with Gasteiger partial charge in [-0.15, -0.1) is 0 Å². The summed E-state index contributed by atoms with van der Waals surface area (Å²) in [4.78, 5) is 3.74. The van der Waals surface area contributed by atoms with E-state index >= 15 is 0 Å². The molecule has 1 aliphatic rings. The second-order valence-electron chi connectivity index (χ2n) is 4.76. The normalized spacial score (nSPS) is 19.2. The standard InChI is InChI=1S/C13H15ClF3N3/c1-3-9-7-20(6-8(9)2)19-11-5-4-10(12(14)18-11)13(15,16)17/h4-5,7-8H,3,6H2,1-2H3,(H,18,19). The number of aromatic nitrogens is 1. The van der Waals surface area contributed by atoms with Crippen LogP contribution in [0.15, 0.2) is 23.9 Å². The first kappa shape index (κ1) is 15.0. The van der Waals surface area contributed by atoms with Crippen LogP contribution >= 0.6 is 11.6 Å². The van der Waals surface area contributed by atoms with E-state index in [2.05, 4.69) is 24.3 Å². The Morgan fingerprint density at radius 1 is 1.45 bits per heavy atom. The van der Waals surface area contributed by atoms with Crippen molar-refractivity contribution in [3.63, 3.8) is 0 Å². The molecule has 1 N–H and O–H groups in total. The van der Waals surface area contributed by atoms with Crippen molar-refractivity contribution in [1.29, 1.82) is 0 Å². The second kappa shape index (κ2) is 5.52. The highest BCUT2D eigenvalue weighted by atomic mass is 35.5. The number of hydrogen-bond acceptors (Lipinski definition) is 3. The van der Waals surface area contributed by atoms with Crippen LogP contribution in [0.4, 0.5) is 19.0 Å². The summed E-state index contributed by atoms with van der Waals surface area (Å²) in [5.74, 6) is 0.709. The third-order valence-electron chi connectivity index (χ3n) is 3.25. The van der Waals surface area contributed by atoms with Crippen LogP contribution < -0.4 is 5.43 Å². The first-order valence-electron chi connectivity index (χ1n) is 6.29. The van der Waals surface area contributed by atoms with Gasteiger partial charge in [0.15, 0.2) is 0 Å². The van der Waals surface area contributed by atoms with Gasteiger partial charge < -0.3 is 0 Å². The molecule has 110 valence electrons. The molecular weight excluding hydrogens is 291 g/mol. The van der Waals surface area contributed by atoms with Gasteiger partial charge in [0.05, 0.1) is 5.56 Å². The molecule has 20 heavy (non-hydrogen) atoms. The Bertz CT molecular complexity index is 528. The zero-order chi connectivity index (χ0) is 14.9. The topological polar surface area (TPSA) is 28.2 Å². The SMILES string of the molecule is CCC1=CN(Nc2ccc(C(F)(F)F)c(Cl)n2)CC1C.